The lowest BCUT2D eigenvalue weighted by atomic mass is 10.0. The van der Waals surface area contributed by atoms with Crippen molar-refractivity contribution < 1.29 is 14.3 Å². The van der Waals surface area contributed by atoms with Crippen LogP contribution in [0.1, 0.15) is 17.2 Å². The number of carbonyl (C=O) groups is 2. The zero-order chi connectivity index (χ0) is 12.4. The van der Waals surface area contributed by atoms with Gasteiger partial charge in [0, 0.05) is 12.1 Å². The minimum Gasteiger partial charge on any atom is -0.496 e. The van der Waals surface area contributed by atoms with Gasteiger partial charge in [-0.05, 0) is 13.0 Å². The summed E-state index contributed by atoms with van der Waals surface area (Å²) in [5.74, 6) is -0.491. The van der Waals surface area contributed by atoms with Gasteiger partial charge in [-0.3, -0.25) is 9.59 Å². The highest BCUT2D eigenvalue weighted by Crippen LogP contribution is 2.26. The zero-order valence-corrected chi connectivity index (χ0v) is 9.74. The third-order valence-corrected chi connectivity index (χ3v) is 2.74. The van der Waals surface area contributed by atoms with E-state index in [2.05, 4.69) is 10.6 Å². The van der Waals surface area contributed by atoms with E-state index in [0.717, 1.165) is 11.1 Å². The van der Waals surface area contributed by atoms with E-state index < -0.39 is 11.8 Å². The molecule has 1 unspecified atom stereocenters. The molecule has 1 atom stereocenters. The van der Waals surface area contributed by atoms with Crippen molar-refractivity contribution in [1.82, 2.24) is 10.6 Å². The highest BCUT2D eigenvalue weighted by Gasteiger charge is 2.27. The quantitative estimate of drug-likeness (QED) is 0.723. The molecule has 1 aromatic carbocycles. The van der Waals surface area contributed by atoms with Gasteiger partial charge in [0.2, 0.25) is 0 Å². The number of amides is 2. The predicted molar refractivity (Wildman–Crippen MR) is 61.6 cm³/mol. The summed E-state index contributed by atoms with van der Waals surface area (Å²) in [6.07, 6.45) is 0. The average Bonchev–Trinajstić information content (AvgIpc) is 2.32. The van der Waals surface area contributed by atoms with Crippen molar-refractivity contribution in [3.63, 3.8) is 0 Å². The van der Waals surface area contributed by atoms with Crippen molar-refractivity contribution in [3.8, 4) is 5.75 Å². The number of ether oxygens (including phenoxy) is 1. The molecule has 0 bridgehead atoms. The molecule has 0 aromatic heterocycles. The van der Waals surface area contributed by atoms with Crippen LogP contribution in [0.15, 0.2) is 18.2 Å². The fraction of sp³-hybridized carbons (Fsp3) is 0.333. The molecule has 0 spiro atoms. The predicted octanol–water partition coefficient (Wildman–Crippen LogP) is 0.291. The molecule has 1 heterocycles. The molecule has 0 saturated carbocycles. The Morgan fingerprint density at radius 1 is 1.29 bits per heavy atom. The summed E-state index contributed by atoms with van der Waals surface area (Å²) in [5.41, 5.74) is 1.95. The van der Waals surface area contributed by atoms with Crippen LogP contribution in [-0.4, -0.2) is 25.5 Å². The Morgan fingerprint density at radius 2 is 2.06 bits per heavy atom. The molecule has 1 aliphatic heterocycles. The smallest absolute Gasteiger partial charge is 0.309 e. The van der Waals surface area contributed by atoms with Gasteiger partial charge in [0.05, 0.1) is 13.2 Å². The number of rotatable bonds is 2. The third-order valence-electron chi connectivity index (χ3n) is 2.74. The number of benzene rings is 1. The van der Waals surface area contributed by atoms with Gasteiger partial charge >= 0.3 is 11.8 Å². The van der Waals surface area contributed by atoms with Crippen LogP contribution in [0.5, 0.6) is 5.75 Å². The number of methoxy groups -OCH3 is 1. The monoisotopic (exact) mass is 234 g/mol. The maximum Gasteiger partial charge on any atom is 0.309 e. The zero-order valence-electron chi connectivity index (χ0n) is 9.74. The highest BCUT2D eigenvalue weighted by atomic mass is 16.5. The lowest BCUT2D eigenvalue weighted by Crippen LogP contribution is -2.51. The van der Waals surface area contributed by atoms with Gasteiger partial charge in [0.25, 0.3) is 0 Å². The summed E-state index contributed by atoms with van der Waals surface area (Å²) in [4.78, 5) is 22.3. The van der Waals surface area contributed by atoms with Crippen LogP contribution < -0.4 is 15.4 Å². The van der Waals surface area contributed by atoms with E-state index in [0.29, 0.717) is 12.3 Å². The van der Waals surface area contributed by atoms with Gasteiger partial charge in [0.15, 0.2) is 0 Å². The summed E-state index contributed by atoms with van der Waals surface area (Å²) in [5, 5.41) is 5.20. The molecule has 5 nitrogen and oxygen atoms in total. The van der Waals surface area contributed by atoms with E-state index in [1.165, 1.54) is 0 Å². The molecule has 2 amide bonds. The van der Waals surface area contributed by atoms with Crippen LogP contribution in [0.25, 0.3) is 0 Å². The topological polar surface area (TPSA) is 67.4 Å². The number of nitrogens with one attached hydrogen (secondary N) is 2. The first-order valence-corrected chi connectivity index (χ1v) is 5.35. The molecule has 2 N–H and O–H groups in total. The van der Waals surface area contributed by atoms with Crippen molar-refractivity contribution in [2.45, 2.75) is 13.0 Å². The summed E-state index contributed by atoms with van der Waals surface area (Å²) in [7, 11) is 1.58. The van der Waals surface area contributed by atoms with Crippen molar-refractivity contribution in [1.29, 1.82) is 0 Å². The number of hydrogen-bond donors (Lipinski definition) is 2. The lowest BCUT2D eigenvalue weighted by molar-refractivity contribution is -0.141. The molecule has 90 valence electrons. The van der Waals surface area contributed by atoms with E-state index in [1.807, 2.05) is 25.1 Å². The van der Waals surface area contributed by atoms with Crippen molar-refractivity contribution in [2.75, 3.05) is 13.7 Å². The summed E-state index contributed by atoms with van der Waals surface area (Å²) in [6, 6.07) is 5.50. The van der Waals surface area contributed by atoms with E-state index in [9.17, 15) is 9.59 Å². The number of carbonyl (C=O) groups excluding carboxylic acids is 2. The minimum atomic E-state index is -0.607. The molecule has 1 fully saturated rings. The van der Waals surface area contributed by atoms with Crippen LogP contribution in [-0.2, 0) is 9.59 Å². The van der Waals surface area contributed by atoms with Gasteiger partial charge in [-0.15, -0.1) is 0 Å². The van der Waals surface area contributed by atoms with Gasteiger partial charge < -0.3 is 15.4 Å². The number of hydrogen-bond acceptors (Lipinski definition) is 3. The van der Waals surface area contributed by atoms with Crippen molar-refractivity contribution >= 4 is 11.8 Å². The van der Waals surface area contributed by atoms with Crippen molar-refractivity contribution in [3.05, 3.63) is 29.3 Å². The van der Waals surface area contributed by atoms with Gasteiger partial charge in [-0.1, -0.05) is 17.7 Å². The Bertz CT molecular complexity index is 471. The van der Waals surface area contributed by atoms with Gasteiger partial charge in [0.1, 0.15) is 5.75 Å². The number of piperazine rings is 1. The molecule has 1 aromatic rings. The first-order chi connectivity index (χ1) is 8.11. The molecular formula is C12H14N2O3. The molecular weight excluding hydrogens is 220 g/mol. The van der Waals surface area contributed by atoms with Crippen LogP contribution in [0, 0.1) is 6.92 Å². The van der Waals surface area contributed by atoms with Gasteiger partial charge in [-0.25, -0.2) is 0 Å². The van der Waals surface area contributed by atoms with Crippen LogP contribution in [0.2, 0.25) is 0 Å². The molecule has 1 saturated heterocycles. The highest BCUT2D eigenvalue weighted by molar-refractivity contribution is 6.35. The second-order valence-corrected chi connectivity index (χ2v) is 3.98. The number of aryl methyl sites for hydroxylation is 1. The van der Waals surface area contributed by atoms with Gasteiger partial charge in [-0.2, -0.15) is 0 Å². The lowest BCUT2D eigenvalue weighted by Gasteiger charge is -2.25. The minimum absolute atomic E-state index is 0.241. The third kappa shape index (κ3) is 2.22. The van der Waals surface area contributed by atoms with Crippen molar-refractivity contribution in [2.24, 2.45) is 0 Å². The van der Waals surface area contributed by atoms with Crippen LogP contribution >= 0.6 is 0 Å². The Balaban J connectivity index is 2.30. The molecule has 0 radical (unpaired) electrons. The van der Waals surface area contributed by atoms with E-state index >= 15 is 0 Å². The molecule has 0 aliphatic carbocycles. The van der Waals surface area contributed by atoms with Crippen LogP contribution in [0.4, 0.5) is 0 Å². The second-order valence-electron chi connectivity index (χ2n) is 3.98. The molecule has 1 aliphatic rings. The summed E-state index contributed by atoms with van der Waals surface area (Å²) in [6.45, 7) is 2.34. The Hall–Kier alpha value is -2.04. The first kappa shape index (κ1) is 11.4. The van der Waals surface area contributed by atoms with E-state index in [1.54, 1.807) is 7.11 Å². The van der Waals surface area contributed by atoms with E-state index in [4.69, 9.17) is 4.74 Å². The van der Waals surface area contributed by atoms with Crippen LogP contribution in [0.3, 0.4) is 0 Å². The molecule has 17 heavy (non-hydrogen) atoms. The average molecular weight is 234 g/mol. The molecule has 2 rings (SSSR count). The van der Waals surface area contributed by atoms with E-state index in [-0.39, 0.29) is 6.04 Å². The SMILES string of the molecule is COc1ccc(C)cc1C1CNC(=O)C(=O)N1. The second kappa shape index (κ2) is 4.45. The Labute approximate surface area is 99.2 Å². The fourth-order valence-electron chi connectivity index (χ4n) is 1.86. The fourth-order valence-corrected chi connectivity index (χ4v) is 1.86. The summed E-state index contributed by atoms with van der Waals surface area (Å²) < 4.78 is 5.25. The maximum absolute atomic E-state index is 11.3. The standard InChI is InChI=1S/C12H14N2O3/c1-7-3-4-10(17-2)8(5-7)9-6-13-11(15)12(16)14-9/h3-5,9H,6H2,1-2H3,(H,13,15)(H,14,16). The summed E-state index contributed by atoms with van der Waals surface area (Å²) >= 11 is 0. The normalized spacial score (nSPS) is 19.5. The molecule has 5 heteroatoms. The first-order valence-electron chi connectivity index (χ1n) is 5.35. The Morgan fingerprint density at radius 3 is 2.71 bits per heavy atom. The maximum atomic E-state index is 11.3. The Kier molecular flexibility index (Phi) is 2.99. The largest absolute Gasteiger partial charge is 0.496 e.